The smallest absolute Gasteiger partial charge is 0.330 e. The van der Waals surface area contributed by atoms with Crippen LogP contribution < -0.4 is 4.72 Å². The average molecular weight is 407 g/mol. The second kappa shape index (κ2) is 9.32. The fraction of sp³-hybridized carbons (Fsp3) is 0.0870. The zero-order chi connectivity index (χ0) is 20.7. The average Bonchev–Trinajstić information content (AvgIpc) is 2.77. The molecule has 0 bridgehead atoms. The summed E-state index contributed by atoms with van der Waals surface area (Å²) in [6, 6.07) is 24.6. The molecule has 6 heteroatoms. The molecule has 0 unspecified atom stereocenters. The van der Waals surface area contributed by atoms with Gasteiger partial charge >= 0.3 is 5.97 Å². The molecule has 148 valence electrons. The van der Waals surface area contributed by atoms with Gasteiger partial charge in [-0.1, -0.05) is 72.8 Å². The van der Waals surface area contributed by atoms with E-state index in [2.05, 4.69) is 9.46 Å². The van der Waals surface area contributed by atoms with E-state index in [1.54, 1.807) is 12.1 Å². The fourth-order valence-corrected chi connectivity index (χ4v) is 4.13. The molecule has 0 saturated heterocycles. The predicted octanol–water partition coefficient (Wildman–Crippen LogP) is 3.94. The van der Waals surface area contributed by atoms with E-state index in [1.165, 1.54) is 31.4 Å². The van der Waals surface area contributed by atoms with Crippen molar-refractivity contribution in [3.8, 4) is 0 Å². The number of carbonyl (C=O) groups excluding carboxylic acids is 1. The van der Waals surface area contributed by atoms with Crippen molar-refractivity contribution in [2.24, 2.45) is 0 Å². The Balaban J connectivity index is 1.94. The molecule has 5 nitrogen and oxygen atoms in total. The van der Waals surface area contributed by atoms with Crippen LogP contribution in [0.3, 0.4) is 0 Å². The molecule has 0 atom stereocenters. The Labute approximate surface area is 170 Å². The molecule has 0 amide bonds. The number of carbonyl (C=O) groups is 1. The molecule has 3 aromatic carbocycles. The molecule has 3 rings (SSSR count). The Bertz CT molecular complexity index is 1050. The summed E-state index contributed by atoms with van der Waals surface area (Å²) in [5.41, 5.74) is 2.25. The lowest BCUT2D eigenvalue weighted by Crippen LogP contribution is -2.29. The van der Waals surface area contributed by atoms with E-state index in [-0.39, 0.29) is 4.90 Å². The van der Waals surface area contributed by atoms with Gasteiger partial charge in [-0.2, -0.15) is 4.72 Å². The number of sulfonamides is 1. The lowest BCUT2D eigenvalue weighted by Gasteiger charge is -2.20. The Kier molecular flexibility index (Phi) is 6.59. The minimum atomic E-state index is -3.82. The summed E-state index contributed by atoms with van der Waals surface area (Å²) >= 11 is 0. The number of hydrogen-bond donors (Lipinski definition) is 1. The first-order chi connectivity index (χ1) is 14.0. The lowest BCUT2D eigenvalue weighted by molar-refractivity contribution is -0.134. The van der Waals surface area contributed by atoms with Crippen LogP contribution in [0.1, 0.15) is 22.7 Å². The molecule has 0 radical (unpaired) electrons. The van der Waals surface area contributed by atoms with Crippen molar-refractivity contribution < 1.29 is 17.9 Å². The van der Waals surface area contributed by atoms with Crippen molar-refractivity contribution in [3.63, 3.8) is 0 Å². The first-order valence-corrected chi connectivity index (χ1v) is 10.5. The van der Waals surface area contributed by atoms with Crippen molar-refractivity contribution >= 4 is 22.1 Å². The molecule has 0 saturated carbocycles. The van der Waals surface area contributed by atoms with Gasteiger partial charge in [0, 0.05) is 6.08 Å². The molecule has 0 heterocycles. The van der Waals surface area contributed by atoms with Gasteiger partial charge in [0.15, 0.2) is 0 Å². The normalized spacial score (nSPS) is 11.7. The largest absolute Gasteiger partial charge is 0.466 e. The Morgan fingerprint density at radius 1 is 0.897 bits per heavy atom. The minimum absolute atomic E-state index is 0.112. The van der Waals surface area contributed by atoms with Gasteiger partial charge in [-0.15, -0.1) is 0 Å². The summed E-state index contributed by atoms with van der Waals surface area (Å²) in [6.45, 7) is 0. The highest BCUT2D eigenvalue weighted by Gasteiger charge is 2.22. The van der Waals surface area contributed by atoms with Crippen LogP contribution in [0.25, 0.3) is 6.08 Å². The summed E-state index contributed by atoms with van der Waals surface area (Å²) in [5.74, 6) is -0.510. The van der Waals surface area contributed by atoms with Crippen LogP contribution in [0, 0.1) is 0 Å². The molecule has 0 aliphatic carbocycles. The monoisotopic (exact) mass is 407 g/mol. The summed E-state index contributed by atoms with van der Waals surface area (Å²) in [6.07, 6.45) is 2.76. The van der Waals surface area contributed by atoms with E-state index in [4.69, 9.17) is 0 Å². The Hall–Kier alpha value is -3.22. The highest BCUT2D eigenvalue weighted by molar-refractivity contribution is 7.89. The highest BCUT2D eigenvalue weighted by Crippen LogP contribution is 2.25. The van der Waals surface area contributed by atoms with Gasteiger partial charge in [0.1, 0.15) is 0 Å². The first kappa shape index (κ1) is 20.5. The summed E-state index contributed by atoms with van der Waals surface area (Å²) in [5, 5.41) is 0. The third-order valence-electron chi connectivity index (χ3n) is 4.32. The van der Waals surface area contributed by atoms with Gasteiger partial charge in [-0.05, 0) is 34.9 Å². The van der Waals surface area contributed by atoms with Crippen molar-refractivity contribution in [1.29, 1.82) is 0 Å². The van der Waals surface area contributed by atoms with E-state index in [1.807, 2.05) is 60.7 Å². The predicted molar refractivity (Wildman–Crippen MR) is 113 cm³/mol. The van der Waals surface area contributed by atoms with Gasteiger partial charge in [-0.3, -0.25) is 0 Å². The number of rotatable bonds is 7. The van der Waals surface area contributed by atoms with Crippen LogP contribution >= 0.6 is 0 Å². The highest BCUT2D eigenvalue weighted by atomic mass is 32.2. The molecule has 3 aromatic rings. The number of methoxy groups -OCH3 is 1. The van der Waals surface area contributed by atoms with Crippen molar-refractivity contribution in [3.05, 3.63) is 108 Å². The van der Waals surface area contributed by atoms with Crippen LogP contribution in [0.5, 0.6) is 0 Å². The molecule has 0 spiro atoms. The Morgan fingerprint density at radius 3 is 2.03 bits per heavy atom. The zero-order valence-corrected chi connectivity index (χ0v) is 16.7. The van der Waals surface area contributed by atoms with Crippen LogP contribution in [0.2, 0.25) is 0 Å². The molecular formula is C23H21NO4S. The van der Waals surface area contributed by atoms with Crippen LogP contribution in [0.4, 0.5) is 0 Å². The van der Waals surface area contributed by atoms with Crippen molar-refractivity contribution in [2.45, 2.75) is 10.9 Å². The molecule has 29 heavy (non-hydrogen) atoms. The maximum Gasteiger partial charge on any atom is 0.330 e. The summed E-state index contributed by atoms with van der Waals surface area (Å²) < 4.78 is 33.6. The SMILES string of the molecule is COC(=O)/C=C/c1cccc(S(=O)(=O)NC(c2ccccc2)c2ccccc2)c1. The molecule has 0 aromatic heterocycles. The van der Waals surface area contributed by atoms with E-state index in [0.29, 0.717) is 5.56 Å². The van der Waals surface area contributed by atoms with Crippen LogP contribution in [-0.4, -0.2) is 21.5 Å². The van der Waals surface area contributed by atoms with Gasteiger partial charge < -0.3 is 4.74 Å². The molecule has 0 aliphatic heterocycles. The molecule has 0 aliphatic rings. The van der Waals surface area contributed by atoms with Crippen LogP contribution in [0.15, 0.2) is 95.9 Å². The number of ether oxygens (including phenoxy) is 1. The quantitative estimate of drug-likeness (QED) is 0.476. The van der Waals surface area contributed by atoms with E-state index in [9.17, 15) is 13.2 Å². The van der Waals surface area contributed by atoms with E-state index in [0.717, 1.165) is 11.1 Å². The van der Waals surface area contributed by atoms with Gasteiger partial charge in [0.25, 0.3) is 0 Å². The first-order valence-electron chi connectivity index (χ1n) is 8.98. The second-order valence-electron chi connectivity index (χ2n) is 6.30. The maximum absolute atomic E-state index is 13.1. The topological polar surface area (TPSA) is 72.5 Å². The summed E-state index contributed by atoms with van der Waals surface area (Å²) in [7, 11) is -2.54. The Morgan fingerprint density at radius 2 is 1.48 bits per heavy atom. The molecule has 0 fully saturated rings. The van der Waals surface area contributed by atoms with Gasteiger partial charge in [0.05, 0.1) is 18.0 Å². The third kappa shape index (κ3) is 5.40. The number of hydrogen-bond acceptors (Lipinski definition) is 4. The van der Waals surface area contributed by atoms with E-state index < -0.39 is 22.0 Å². The number of esters is 1. The molecular weight excluding hydrogens is 386 g/mol. The lowest BCUT2D eigenvalue weighted by atomic mass is 10.00. The molecule has 1 N–H and O–H groups in total. The summed E-state index contributed by atoms with van der Waals surface area (Å²) in [4.78, 5) is 11.4. The van der Waals surface area contributed by atoms with Gasteiger partial charge in [0.2, 0.25) is 10.0 Å². The second-order valence-corrected chi connectivity index (χ2v) is 8.02. The number of nitrogens with one attached hydrogen (secondary N) is 1. The minimum Gasteiger partial charge on any atom is -0.466 e. The van der Waals surface area contributed by atoms with Crippen molar-refractivity contribution in [1.82, 2.24) is 4.72 Å². The van der Waals surface area contributed by atoms with Crippen molar-refractivity contribution in [2.75, 3.05) is 7.11 Å². The number of benzene rings is 3. The van der Waals surface area contributed by atoms with Gasteiger partial charge in [-0.25, -0.2) is 13.2 Å². The fourth-order valence-electron chi connectivity index (χ4n) is 2.86. The zero-order valence-electron chi connectivity index (χ0n) is 15.9. The van der Waals surface area contributed by atoms with Crippen LogP contribution in [-0.2, 0) is 19.6 Å². The van der Waals surface area contributed by atoms with E-state index >= 15 is 0 Å². The standard InChI is InChI=1S/C23H21NO4S/c1-28-22(25)16-15-18-9-8-14-21(17-18)29(26,27)24-23(19-10-4-2-5-11-19)20-12-6-3-7-13-20/h2-17,23-24H,1H3/b16-15+. The maximum atomic E-state index is 13.1. The third-order valence-corrected chi connectivity index (χ3v) is 5.74.